The molecule has 2 amide bonds. The quantitative estimate of drug-likeness (QED) is 0.606. The molecule has 3 heterocycles. The molecule has 8 heteroatoms. The van der Waals surface area contributed by atoms with Crippen molar-refractivity contribution >= 4 is 34.0 Å². The van der Waals surface area contributed by atoms with Crippen LogP contribution < -0.4 is 15.5 Å². The van der Waals surface area contributed by atoms with Gasteiger partial charge in [0.15, 0.2) is 5.13 Å². The Hall–Kier alpha value is -3.13. The van der Waals surface area contributed by atoms with E-state index in [9.17, 15) is 9.59 Å². The van der Waals surface area contributed by atoms with Crippen molar-refractivity contribution in [2.75, 3.05) is 29.9 Å². The van der Waals surface area contributed by atoms with Crippen molar-refractivity contribution in [1.29, 1.82) is 0 Å². The Labute approximate surface area is 179 Å². The lowest BCUT2D eigenvalue weighted by Crippen LogP contribution is -2.32. The van der Waals surface area contributed by atoms with E-state index in [1.54, 1.807) is 18.4 Å². The number of para-hydroxylation sites is 1. The number of nitrogens with zero attached hydrogens (tertiary/aromatic N) is 2. The summed E-state index contributed by atoms with van der Waals surface area (Å²) in [6.07, 6.45) is 2.74. The molecule has 3 aromatic rings. The van der Waals surface area contributed by atoms with Crippen LogP contribution >= 0.6 is 11.3 Å². The van der Waals surface area contributed by atoms with Crippen molar-refractivity contribution in [2.24, 2.45) is 5.92 Å². The number of amides is 2. The average molecular weight is 425 g/mol. The highest BCUT2D eigenvalue weighted by Gasteiger charge is 2.23. The second kappa shape index (κ2) is 9.13. The van der Waals surface area contributed by atoms with Crippen LogP contribution in [0.3, 0.4) is 0 Å². The van der Waals surface area contributed by atoms with Gasteiger partial charge in [0.25, 0.3) is 5.91 Å². The number of carbonyl (C=O) groups excluding carboxylic acids is 2. The first-order chi connectivity index (χ1) is 14.6. The molecular weight excluding hydrogens is 400 g/mol. The number of hydrogen-bond donors (Lipinski definition) is 2. The zero-order valence-corrected chi connectivity index (χ0v) is 17.6. The van der Waals surface area contributed by atoms with Crippen LogP contribution in [0, 0.1) is 12.8 Å². The lowest BCUT2D eigenvalue weighted by Gasteiger charge is -2.18. The fourth-order valence-corrected chi connectivity index (χ4v) is 4.29. The third-order valence-electron chi connectivity index (χ3n) is 5.21. The molecule has 1 aliphatic rings. The monoisotopic (exact) mass is 424 g/mol. The van der Waals surface area contributed by atoms with E-state index in [2.05, 4.69) is 32.7 Å². The molecule has 1 saturated heterocycles. The fourth-order valence-electron chi connectivity index (χ4n) is 3.59. The number of rotatable bonds is 7. The van der Waals surface area contributed by atoms with Gasteiger partial charge in [0.2, 0.25) is 5.91 Å². The van der Waals surface area contributed by atoms with Crippen LogP contribution in [-0.2, 0) is 11.2 Å². The summed E-state index contributed by atoms with van der Waals surface area (Å²) in [6, 6.07) is 12.0. The summed E-state index contributed by atoms with van der Waals surface area (Å²) in [5.41, 5.74) is 2.36. The Balaban J connectivity index is 1.22. The Morgan fingerprint density at radius 3 is 2.87 bits per heavy atom. The number of hydrogen-bond acceptors (Lipinski definition) is 6. The Bertz CT molecular complexity index is 1010. The van der Waals surface area contributed by atoms with Gasteiger partial charge < -0.3 is 14.6 Å². The highest BCUT2D eigenvalue weighted by molar-refractivity contribution is 7.14. The lowest BCUT2D eigenvalue weighted by atomic mass is 10.1. The maximum atomic E-state index is 12.3. The molecule has 30 heavy (non-hydrogen) atoms. The van der Waals surface area contributed by atoms with Gasteiger partial charge in [0.1, 0.15) is 5.76 Å². The first-order valence-corrected chi connectivity index (χ1v) is 10.8. The molecule has 0 aliphatic carbocycles. The van der Waals surface area contributed by atoms with Crippen LogP contribution in [0.1, 0.15) is 28.2 Å². The van der Waals surface area contributed by atoms with Crippen molar-refractivity contribution in [2.45, 2.75) is 19.8 Å². The van der Waals surface area contributed by atoms with Crippen molar-refractivity contribution in [3.05, 3.63) is 65.1 Å². The highest BCUT2D eigenvalue weighted by Crippen LogP contribution is 2.23. The first kappa shape index (κ1) is 20.2. The number of aryl methyl sites for hydroxylation is 1. The van der Waals surface area contributed by atoms with E-state index in [1.165, 1.54) is 23.3 Å². The standard InChI is InChI=1S/C22H24N4O3S/c1-15-19(8-10-29-15)21(28)25-22-24-17(14-30-22)11-20(27)23-12-16-7-9-26(13-16)18-5-3-2-4-6-18/h2-6,8,10,14,16H,7,9,11-13H2,1H3,(H,23,27)(H,24,25,28)/t16-/m0/s1. The number of carbonyl (C=O) groups is 2. The minimum Gasteiger partial charge on any atom is -0.469 e. The molecule has 1 aliphatic heterocycles. The maximum absolute atomic E-state index is 12.3. The van der Waals surface area contributed by atoms with Crippen molar-refractivity contribution in [1.82, 2.24) is 10.3 Å². The summed E-state index contributed by atoms with van der Waals surface area (Å²) >= 11 is 1.30. The minimum absolute atomic E-state index is 0.0537. The highest BCUT2D eigenvalue weighted by atomic mass is 32.1. The first-order valence-electron chi connectivity index (χ1n) is 9.95. The maximum Gasteiger partial charge on any atom is 0.260 e. The largest absolute Gasteiger partial charge is 0.469 e. The molecular formula is C22H24N4O3S. The number of nitrogens with one attached hydrogen (secondary N) is 2. The molecule has 1 atom stereocenters. The van der Waals surface area contributed by atoms with E-state index >= 15 is 0 Å². The molecule has 0 radical (unpaired) electrons. The summed E-state index contributed by atoms with van der Waals surface area (Å²) in [7, 11) is 0. The SMILES string of the molecule is Cc1occc1C(=O)Nc1nc(CC(=O)NC[C@@H]2CCN(c3ccccc3)C2)cs1. The van der Waals surface area contributed by atoms with E-state index in [-0.39, 0.29) is 18.2 Å². The molecule has 1 fully saturated rings. The van der Waals surface area contributed by atoms with Gasteiger partial charge in [0.05, 0.1) is 23.9 Å². The predicted octanol–water partition coefficient (Wildman–Crippen LogP) is 3.48. The van der Waals surface area contributed by atoms with Crippen LogP contribution in [-0.4, -0.2) is 36.4 Å². The smallest absolute Gasteiger partial charge is 0.260 e. The average Bonchev–Trinajstić information content (AvgIpc) is 3.48. The topological polar surface area (TPSA) is 87.5 Å². The van der Waals surface area contributed by atoms with E-state index in [4.69, 9.17) is 4.42 Å². The zero-order valence-electron chi connectivity index (χ0n) is 16.8. The van der Waals surface area contributed by atoms with Crippen LogP contribution in [0.5, 0.6) is 0 Å². The predicted molar refractivity (Wildman–Crippen MR) is 117 cm³/mol. The second-order valence-electron chi connectivity index (χ2n) is 7.41. The number of benzene rings is 1. The number of thiazole rings is 1. The van der Waals surface area contributed by atoms with Crippen molar-refractivity contribution in [3.63, 3.8) is 0 Å². The van der Waals surface area contributed by atoms with Gasteiger partial charge in [-0.2, -0.15) is 0 Å². The zero-order chi connectivity index (χ0) is 20.9. The van der Waals surface area contributed by atoms with Gasteiger partial charge in [-0.1, -0.05) is 18.2 Å². The second-order valence-corrected chi connectivity index (χ2v) is 8.26. The summed E-state index contributed by atoms with van der Waals surface area (Å²) in [4.78, 5) is 31.2. The van der Waals surface area contributed by atoms with Gasteiger partial charge >= 0.3 is 0 Å². The Morgan fingerprint density at radius 2 is 2.10 bits per heavy atom. The van der Waals surface area contributed by atoms with Crippen molar-refractivity contribution < 1.29 is 14.0 Å². The third-order valence-corrected chi connectivity index (χ3v) is 6.02. The molecule has 2 aromatic heterocycles. The van der Waals surface area contributed by atoms with E-state index in [0.29, 0.717) is 34.6 Å². The fraction of sp³-hybridized carbons (Fsp3) is 0.318. The summed E-state index contributed by atoms with van der Waals surface area (Å²) < 4.78 is 5.15. The van der Waals surface area contributed by atoms with Gasteiger partial charge in [-0.05, 0) is 37.5 Å². The molecule has 2 N–H and O–H groups in total. The molecule has 4 rings (SSSR count). The Kier molecular flexibility index (Phi) is 6.13. The number of furan rings is 1. The van der Waals surface area contributed by atoms with E-state index in [0.717, 1.165) is 19.5 Å². The third kappa shape index (κ3) is 4.88. The summed E-state index contributed by atoms with van der Waals surface area (Å²) in [5, 5.41) is 8.04. The summed E-state index contributed by atoms with van der Waals surface area (Å²) in [6.45, 7) is 4.35. The number of aromatic nitrogens is 1. The minimum atomic E-state index is -0.268. The van der Waals surface area contributed by atoms with Crippen molar-refractivity contribution in [3.8, 4) is 0 Å². The molecule has 7 nitrogen and oxygen atoms in total. The van der Waals surface area contributed by atoms with E-state index < -0.39 is 0 Å². The van der Waals surface area contributed by atoms with Gasteiger partial charge in [-0.25, -0.2) is 4.98 Å². The Morgan fingerprint density at radius 1 is 1.27 bits per heavy atom. The molecule has 0 spiro atoms. The molecule has 1 aromatic carbocycles. The van der Waals surface area contributed by atoms with Crippen LogP contribution in [0.25, 0.3) is 0 Å². The van der Waals surface area contributed by atoms with Gasteiger partial charge in [-0.15, -0.1) is 11.3 Å². The van der Waals surface area contributed by atoms with Gasteiger partial charge in [0, 0.05) is 30.7 Å². The van der Waals surface area contributed by atoms with Crippen LogP contribution in [0.15, 0.2) is 52.5 Å². The molecule has 0 bridgehead atoms. The molecule has 156 valence electrons. The number of anilines is 2. The lowest BCUT2D eigenvalue weighted by molar-refractivity contribution is -0.120. The van der Waals surface area contributed by atoms with Crippen LogP contribution in [0.4, 0.5) is 10.8 Å². The normalized spacial score (nSPS) is 15.9. The van der Waals surface area contributed by atoms with E-state index in [1.807, 2.05) is 18.2 Å². The molecule has 0 unspecified atom stereocenters. The van der Waals surface area contributed by atoms with Gasteiger partial charge in [-0.3, -0.25) is 14.9 Å². The summed E-state index contributed by atoms with van der Waals surface area (Å²) in [5.74, 6) is 0.678. The van der Waals surface area contributed by atoms with Crippen LogP contribution in [0.2, 0.25) is 0 Å². The molecule has 0 saturated carbocycles.